The molecular weight excluding hydrogens is 158 g/mol. The molecular formula is C8H15NO3. The van der Waals surface area contributed by atoms with Crippen molar-refractivity contribution in [3.63, 3.8) is 0 Å². The lowest BCUT2D eigenvalue weighted by Crippen LogP contribution is -2.25. The summed E-state index contributed by atoms with van der Waals surface area (Å²) >= 11 is 0. The topological polar surface area (TPSA) is 69.4 Å². The van der Waals surface area contributed by atoms with E-state index in [4.69, 9.17) is 5.73 Å². The summed E-state index contributed by atoms with van der Waals surface area (Å²) in [5.41, 5.74) is 4.60. The van der Waals surface area contributed by atoms with E-state index in [2.05, 4.69) is 4.74 Å². The molecule has 12 heavy (non-hydrogen) atoms. The summed E-state index contributed by atoms with van der Waals surface area (Å²) in [5.74, 6) is -0.717. The van der Waals surface area contributed by atoms with Crippen LogP contribution in [0.5, 0.6) is 0 Å². The Bertz CT molecular complexity index is 187. The van der Waals surface area contributed by atoms with Gasteiger partial charge in [0.25, 0.3) is 0 Å². The summed E-state index contributed by atoms with van der Waals surface area (Å²) in [6, 6.07) is 0. The standard InChI is InChI=1S/C8H15NO3/c1-8(2,4-6(9)10)5-7(11)12-3/h4-5H2,1-3H3,(H2,9,10). The number of ether oxygens (including phenoxy) is 1. The number of rotatable bonds is 4. The van der Waals surface area contributed by atoms with Gasteiger partial charge in [-0.2, -0.15) is 0 Å². The minimum atomic E-state index is -0.404. The Hall–Kier alpha value is -1.06. The van der Waals surface area contributed by atoms with Crippen LogP contribution in [-0.4, -0.2) is 19.0 Å². The fourth-order valence-electron chi connectivity index (χ4n) is 0.997. The van der Waals surface area contributed by atoms with Crippen molar-refractivity contribution in [3.8, 4) is 0 Å². The Morgan fingerprint density at radius 1 is 1.33 bits per heavy atom. The van der Waals surface area contributed by atoms with Crippen LogP contribution in [0.4, 0.5) is 0 Å². The van der Waals surface area contributed by atoms with E-state index in [-0.39, 0.29) is 18.8 Å². The van der Waals surface area contributed by atoms with E-state index in [0.717, 1.165) is 0 Å². The van der Waals surface area contributed by atoms with Crippen molar-refractivity contribution in [3.05, 3.63) is 0 Å². The van der Waals surface area contributed by atoms with Crippen LogP contribution in [0.15, 0.2) is 0 Å². The van der Waals surface area contributed by atoms with Crippen molar-refractivity contribution in [2.24, 2.45) is 11.1 Å². The number of hydrogen-bond acceptors (Lipinski definition) is 3. The SMILES string of the molecule is COC(=O)CC(C)(C)CC(N)=O. The summed E-state index contributed by atoms with van der Waals surface area (Å²) in [4.78, 5) is 21.4. The highest BCUT2D eigenvalue weighted by molar-refractivity contribution is 5.76. The van der Waals surface area contributed by atoms with Gasteiger partial charge in [-0.15, -0.1) is 0 Å². The van der Waals surface area contributed by atoms with E-state index >= 15 is 0 Å². The number of hydrogen-bond donors (Lipinski definition) is 1. The molecule has 0 heterocycles. The molecule has 0 saturated heterocycles. The zero-order valence-corrected chi connectivity index (χ0v) is 7.72. The molecule has 4 nitrogen and oxygen atoms in total. The van der Waals surface area contributed by atoms with Gasteiger partial charge < -0.3 is 10.5 Å². The first-order valence-corrected chi connectivity index (χ1v) is 3.72. The molecule has 0 radical (unpaired) electrons. The smallest absolute Gasteiger partial charge is 0.306 e. The molecule has 0 aliphatic rings. The second-order valence-electron chi connectivity index (χ2n) is 3.56. The summed E-state index contributed by atoms with van der Waals surface area (Å²) in [7, 11) is 1.32. The van der Waals surface area contributed by atoms with E-state index < -0.39 is 11.3 Å². The van der Waals surface area contributed by atoms with Gasteiger partial charge in [-0.1, -0.05) is 13.8 Å². The minimum Gasteiger partial charge on any atom is -0.469 e. The van der Waals surface area contributed by atoms with Gasteiger partial charge in [0.2, 0.25) is 5.91 Å². The first-order chi connectivity index (χ1) is 5.37. The maximum absolute atomic E-state index is 10.8. The Labute approximate surface area is 72.1 Å². The monoisotopic (exact) mass is 173 g/mol. The Balaban J connectivity index is 4.03. The van der Waals surface area contributed by atoms with Crippen LogP contribution >= 0.6 is 0 Å². The molecule has 70 valence electrons. The third-order valence-corrected chi connectivity index (χ3v) is 1.50. The molecule has 4 heteroatoms. The van der Waals surface area contributed by atoms with Crippen LogP contribution in [0.2, 0.25) is 0 Å². The molecule has 0 spiro atoms. The van der Waals surface area contributed by atoms with Crippen LogP contribution in [0.25, 0.3) is 0 Å². The summed E-state index contributed by atoms with van der Waals surface area (Å²) in [5, 5.41) is 0. The molecule has 0 aromatic heterocycles. The van der Waals surface area contributed by atoms with Crippen LogP contribution in [0.3, 0.4) is 0 Å². The number of amides is 1. The quantitative estimate of drug-likeness (QED) is 0.627. The van der Waals surface area contributed by atoms with Gasteiger partial charge in [-0.3, -0.25) is 9.59 Å². The molecule has 0 aromatic carbocycles. The molecule has 0 unspecified atom stereocenters. The van der Waals surface area contributed by atoms with Gasteiger partial charge in [0.05, 0.1) is 13.5 Å². The molecule has 0 atom stereocenters. The minimum absolute atomic E-state index is 0.197. The lowest BCUT2D eigenvalue weighted by Gasteiger charge is -2.20. The lowest BCUT2D eigenvalue weighted by molar-refractivity contribution is -0.143. The molecule has 0 aliphatic heterocycles. The average Bonchev–Trinajstić information content (AvgIpc) is 1.83. The Morgan fingerprint density at radius 2 is 1.83 bits per heavy atom. The molecule has 0 saturated carbocycles. The zero-order chi connectivity index (χ0) is 9.78. The van der Waals surface area contributed by atoms with Gasteiger partial charge in [-0.05, 0) is 5.41 Å². The summed E-state index contributed by atoms with van der Waals surface area (Å²) in [6.07, 6.45) is 0.411. The third kappa shape index (κ3) is 4.71. The maximum atomic E-state index is 10.8. The maximum Gasteiger partial charge on any atom is 0.306 e. The van der Waals surface area contributed by atoms with Crippen molar-refractivity contribution >= 4 is 11.9 Å². The van der Waals surface area contributed by atoms with E-state index in [1.807, 2.05) is 0 Å². The van der Waals surface area contributed by atoms with Crippen molar-refractivity contribution in [1.29, 1.82) is 0 Å². The van der Waals surface area contributed by atoms with Crippen molar-refractivity contribution in [1.82, 2.24) is 0 Å². The largest absolute Gasteiger partial charge is 0.469 e. The summed E-state index contributed by atoms with van der Waals surface area (Å²) < 4.78 is 4.48. The van der Waals surface area contributed by atoms with Crippen molar-refractivity contribution in [2.45, 2.75) is 26.7 Å². The fourth-order valence-corrected chi connectivity index (χ4v) is 0.997. The zero-order valence-electron chi connectivity index (χ0n) is 7.72. The normalized spacial score (nSPS) is 10.9. The highest BCUT2D eigenvalue weighted by Crippen LogP contribution is 2.24. The molecule has 1 amide bonds. The number of esters is 1. The lowest BCUT2D eigenvalue weighted by atomic mass is 9.85. The van der Waals surface area contributed by atoms with Crippen LogP contribution < -0.4 is 5.73 Å². The van der Waals surface area contributed by atoms with Crippen LogP contribution in [0.1, 0.15) is 26.7 Å². The average molecular weight is 173 g/mol. The number of methoxy groups -OCH3 is 1. The molecule has 0 rings (SSSR count). The van der Waals surface area contributed by atoms with Crippen molar-refractivity contribution in [2.75, 3.05) is 7.11 Å². The van der Waals surface area contributed by atoms with Gasteiger partial charge >= 0.3 is 5.97 Å². The highest BCUT2D eigenvalue weighted by Gasteiger charge is 2.24. The van der Waals surface area contributed by atoms with Crippen LogP contribution in [0, 0.1) is 5.41 Å². The van der Waals surface area contributed by atoms with Crippen LogP contribution in [-0.2, 0) is 14.3 Å². The number of primary amides is 1. The van der Waals surface area contributed by atoms with Gasteiger partial charge in [0, 0.05) is 6.42 Å². The first kappa shape index (κ1) is 10.9. The number of carbonyl (C=O) groups excluding carboxylic acids is 2. The molecule has 0 aliphatic carbocycles. The Morgan fingerprint density at radius 3 is 2.17 bits per heavy atom. The second kappa shape index (κ2) is 4.09. The van der Waals surface area contributed by atoms with E-state index in [9.17, 15) is 9.59 Å². The fraction of sp³-hybridized carbons (Fsp3) is 0.750. The molecule has 0 fully saturated rings. The molecule has 2 N–H and O–H groups in total. The highest BCUT2D eigenvalue weighted by atomic mass is 16.5. The predicted molar refractivity (Wildman–Crippen MR) is 44.2 cm³/mol. The van der Waals surface area contributed by atoms with Gasteiger partial charge in [0.15, 0.2) is 0 Å². The number of nitrogens with two attached hydrogens (primary N) is 1. The van der Waals surface area contributed by atoms with Gasteiger partial charge in [-0.25, -0.2) is 0 Å². The molecule has 0 bridgehead atoms. The summed E-state index contributed by atoms with van der Waals surface area (Å²) in [6.45, 7) is 3.60. The predicted octanol–water partition coefficient (Wildman–Crippen LogP) is 0.451. The van der Waals surface area contributed by atoms with Crippen molar-refractivity contribution < 1.29 is 14.3 Å². The van der Waals surface area contributed by atoms with E-state index in [1.165, 1.54) is 7.11 Å². The Kier molecular flexibility index (Phi) is 3.73. The van der Waals surface area contributed by atoms with E-state index in [1.54, 1.807) is 13.8 Å². The molecule has 0 aromatic rings. The second-order valence-corrected chi connectivity index (χ2v) is 3.56. The third-order valence-electron chi connectivity index (χ3n) is 1.50. The van der Waals surface area contributed by atoms with E-state index in [0.29, 0.717) is 0 Å². The van der Waals surface area contributed by atoms with Gasteiger partial charge in [0.1, 0.15) is 0 Å². The first-order valence-electron chi connectivity index (χ1n) is 3.72. The number of carbonyl (C=O) groups is 2.